The normalized spacial score (nSPS) is 16.3. The van der Waals surface area contributed by atoms with E-state index >= 15 is 0 Å². The molecule has 1 saturated heterocycles. The van der Waals surface area contributed by atoms with Crippen molar-refractivity contribution in [2.45, 2.75) is 26.3 Å². The number of anilines is 1. The maximum absolute atomic E-state index is 5.60. The summed E-state index contributed by atoms with van der Waals surface area (Å²) < 4.78 is 0. The third kappa shape index (κ3) is 1.73. The summed E-state index contributed by atoms with van der Waals surface area (Å²) in [6.45, 7) is 4.98. The number of aryl methyl sites for hydroxylation is 1. The van der Waals surface area contributed by atoms with Crippen LogP contribution in [0.5, 0.6) is 0 Å². The Morgan fingerprint density at radius 2 is 2.14 bits per heavy atom. The number of nitrogens with two attached hydrogens (primary N) is 1. The summed E-state index contributed by atoms with van der Waals surface area (Å²) in [6, 6.07) is 2.15. The van der Waals surface area contributed by atoms with E-state index in [9.17, 15) is 0 Å². The fraction of sp³-hybridized carbons (Fsp3) is 0.545. The maximum Gasteiger partial charge on any atom is 0.128 e. The lowest BCUT2D eigenvalue weighted by atomic mass is 10.1. The number of hydrogen-bond acceptors (Lipinski definition) is 3. The summed E-state index contributed by atoms with van der Waals surface area (Å²) in [5.74, 6) is 1.11. The molecule has 0 radical (unpaired) electrons. The molecule has 1 aliphatic rings. The molecule has 76 valence electrons. The van der Waals surface area contributed by atoms with Crippen molar-refractivity contribution in [1.82, 2.24) is 4.98 Å². The first-order chi connectivity index (χ1) is 6.81. The lowest BCUT2D eigenvalue weighted by molar-refractivity contribution is 0.923. The van der Waals surface area contributed by atoms with E-state index in [2.05, 4.69) is 22.9 Å². The lowest BCUT2D eigenvalue weighted by Crippen LogP contribution is -2.19. The highest BCUT2D eigenvalue weighted by Crippen LogP contribution is 2.19. The molecule has 0 aliphatic carbocycles. The van der Waals surface area contributed by atoms with Crippen LogP contribution in [0.3, 0.4) is 0 Å². The molecule has 0 aromatic carbocycles. The van der Waals surface area contributed by atoms with Crippen LogP contribution in [-0.4, -0.2) is 18.1 Å². The van der Waals surface area contributed by atoms with Crippen LogP contribution in [-0.2, 0) is 6.54 Å². The first kappa shape index (κ1) is 9.46. The van der Waals surface area contributed by atoms with Crippen LogP contribution >= 0.6 is 0 Å². The third-order valence-electron chi connectivity index (χ3n) is 2.85. The van der Waals surface area contributed by atoms with Gasteiger partial charge in [-0.1, -0.05) is 0 Å². The first-order valence-corrected chi connectivity index (χ1v) is 5.22. The molecule has 0 bridgehead atoms. The maximum atomic E-state index is 5.60. The highest BCUT2D eigenvalue weighted by molar-refractivity contribution is 5.44. The molecule has 0 amide bonds. The fourth-order valence-electron chi connectivity index (χ4n) is 1.90. The van der Waals surface area contributed by atoms with Gasteiger partial charge in [-0.2, -0.15) is 0 Å². The minimum absolute atomic E-state index is 0.582. The van der Waals surface area contributed by atoms with Gasteiger partial charge in [-0.05, 0) is 37.0 Å². The second kappa shape index (κ2) is 3.96. The fourth-order valence-corrected chi connectivity index (χ4v) is 1.90. The zero-order chi connectivity index (χ0) is 9.97. The quantitative estimate of drug-likeness (QED) is 0.769. The van der Waals surface area contributed by atoms with Crippen LogP contribution in [0.15, 0.2) is 12.3 Å². The zero-order valence-corrected chi connectivity index (χ0v) is 8.66. The molecule has 2 N–H and O–H groups in total. The zero-order valence-electron chi connectivity index (χ0n) is 8.66. The molecule has 0 saturated carbocycles. The monoisotopic (exact) mass is 191 g/mol. The van der Waals surface area contributed by atoms with Crippen LogP contribution in [0.25, 0.3) is 0 Å². The largest absolute Gasteiger partial charge is 0.357 e. The van der Waals surface area contributed by atoms with E-state index in [-0.39, 0.29) is 0 Å². The molecule has 1 aliphatic heterocycles. The molecule has 1 aromatic rings. The standard InChI is InChI=1S/C11H17N3/c1-9-6-11(13-8-10(9)7-12)14-4-2-3-5-14/h6,8H,2-5,7,12H2,1H3. The van der Waals surface area contributed by atoms with Crippen molar-refractivity contribution < 1.29 is 0 Å². The van der Waals surface area contributed by atoms with Gasteiger partial charge >= 0.3 is 0 Å². The summed E-state index contributed by atoms with van der Waals surface area (Å²) in [5, 5.41) is 0. The van der Waals surface area contributed by atoms with E-state index in [0.717, 1.165) is 24.5 Å². The van der Waals surface area contributed by atoms with Gasteiger partial charge in [-0.25, -0.2) is 4.98 Å². The molecule has 0 atom stereocenters. The van der Waals surface area contributed by atoms with Gasteiger partial charge in [0.2, 0.25) is 0 Å². The van der Waals surface area contributed by atoms with Crippen LogP contribution in [0.1, 0.15) is 24.0 Å². The van der Waals surface area contributed by atoms with Gasteiger partial charge in [0.15, 0.2) is 0 Å². The Kier molecular flexibility index (Phi) is 2.68. The summed E-state index contributed by atoms with van der Waals surface area (Å²) in [4.78, 5) is 6.78. The molecule has 2 rings (SSSR count). The van der Waals surface area contributed by atoms with E-state index in [4.69, 9.17) is 5.73 Å². The molecular weight excluding hydrogens is 174 g/mol. The van der Waals surface area contributed by atoms with Gasteiger partial charge in [0.05, 0.1) is 0 Å². The number of nitrogens with zero attached hydrogens (tertiary/aromatic N) is 2. The van der Waals surface area contributed by atoms with E-state index in [1.165, 1.54) is 18.4 Å². The molecule has 3 nitrogen and oxygen atoms in total. The predicted molar refractivity (Wildman–Crippen MR) is 58.3 cm³/mol. The Labute approximate surface area is 84.9 Å². The Hall–Kier alpha value is -1.09. The molecule has 0 unspecified atom stereocenters. The van der Waals surface area contributed by atoms with Crippen molar-refractivity contribution in [3.8, 4) is 0 Å². The first-order valence-electron chi connectivity index (χ1n) is 5.22. The number of aromatic nitrogens is 1. The molecule has 2 heterocycles. The molecular formula is C11H17N3. The van der Waals surface area contributed by atoms with Gasteiger partial charge in [-0.3, -0.25) is 0 Å². The van der Waals surface area contributed by atoms with Gasteiger partial charge in [0.1, 0.15) is 5.82 Å². The van der Waals surface area contributed by atoms with Crippen molar-refractivity contribution >= 4 is 5.82 Å². The van der Waals surface area contributed by atoms with E-state index in [0.29, 0.717) is 6.54 Å². The SMILES string of the molecule is Cc1cc(N2CCCC2)ncc1CN. The predicted octanol–water partition coefficient (Wildman–Crippen LogP) is 1.45. The Bertz CT molecular complexity index is 316. The smallest absolute Gasteiger partial charge is 0.128 e. The van der Waals surface area contributed by atoms with Gasteiger partial charge < -0.3 is 10.6 Å². The second-order valence-electron chi connectivity index (χ2n) is 3.87. The van der Waals surface area contributed by atoms with Crippen LogP contribution in [0.2, 0.25) is 0 Å². The summed E-state index contributed by atoms with van der Waals surface area (Å²) in [7, 11) is 0. The minimum Gasteiger partial charge on any atom is -0.357 e. The Balaban J connectivity index is 2.23. The van der Waals surface area contributed by atoms with Crippen molar-refractivity contribution in [1.29, 1.82) is 0 Å². The Morgan fingerprint density at radius 1 is 1.43 bits per heavy atom. The average Bonchev–Trinajstić information content (AvgIpc) is 2.70. The van der Waals surface area contributed by atoms with E-state index < -0.39 is 0 Å². The second-order valence-corrected chi connectivity index (χ2v) is 3.87. The Morgan fingerprint density at radius 3 is 2.71 bits per heavy atom. The lowest BCUT2D eigenvalue weighted by Gasteiger charge is -2.17. The van der Waals surface area contributed by atoms with E-state index in [1.54, 1.807) is 0 Å². The van der Waals surface area contributed by atoms with Crippen molar-refractivity contribution in [3.05, 3.63) is 23.4 Å². The molecule has 0 spiro atoms. The highest BCUT2D eigenvalue weighted by atomic mass is 15.2. The third-order valence-corrected chi connectivity index (χ3v) is 2.85. The van der Waals surface area contributed by atoms with Crippen molar-refractivity contribution in [2.24, 2.45) is 5.73 Å². The van der Waals surface area contributed by atoms with Crippen molar-refractivity contribution in [2.75, 3.05) is 18.0 Å². The summed E-state index contributed by atoms with van der Waals surface area (Å²) in [5.41, 5.74) is 8.00. The number of hydrogen-bond donors (Lipinski definition) is 1. The average molecular weight is 191 g/mol. The summed E-state index contributed by atoms with van der Waals surface area (Å²) in [6.07, 6.45) is 4.49. The summed E-state index contributed by atoms with van der Waals surface area (Å²) >= 11 is 0. The number of rotatable bonds is 2. The van der Waals surface area contributed by atoms with Gasteiger partial charge in [0.25, 0.3) is 0 Å². The van der Waals surface area contributed by atoms with Crippen LogP contribution in [0, 0.1) is 6.92 Å². The van der Waals surface area contributed by atoms with Gasteiger partial charge in [0, 0.05) is 25.8 Å². The molecule has 1 aromatic heterocycles. The van der Waals surface area contributed by atoms with Crippen LogP contribution < -0.4 is 10.6 Å². The topological polar surface area (TPSA) is 42.2 Å². The highest BCUT2D eigenvalue weighted by Gasteiger charge is 2.13. The van der Waals surface area contributed by atoms with E-state index in [1.807, 2.05) is 6.20 Å². The minimum atomic E-state index is 0.582. The molecule has 3 heteroatoms. The van der Waals surface area contributed by atoms with Crippen molar-refractivity contribution in [3.63, 3.8) is 0 Å². The number of pyridine rings is 1. The molecule has 14 heavy (non-hydrogen) atoms. The molecule has 1 fully saturated rings. The van der Waals surface area contributed by atoms with Gasteiger partial charge in [-0.15, -0.1) is 0 Å². The van der Waals surface area contributed by atoms with Crippen LogP contribution in [0.4, 0.5) is 5.82 Å².